The highest BCUT2D eigenvalue weighted by molar-refractivity contribution is 4.84. The van der Waals surface area contributed by atoms with E-state index in [1.807, 2.05) is 6.92 Å². The van der Waals surface area contributed by atoms with Crippen LogP contribution in [0.15, 0.2) is 0 Å². The van der Waals surface area contributed by atoms with E-state index in [9.17, 15) is 5.11 Å². The summed E-state index contributed by atoms with van der Waals surface area (Å²) in [6, 6.07) is 0.688. The molecule has 0 bridgehead atoms. The number of nitrogens with zero attached hydrogens (tertiary/aromatic N) is 2. The quantitative estimate of drug-likeness (QED) is 0.769. The lowest BCUT2D eigenvalue weighted by atomic mass is 9.92. The molecule has 17 heavy (non-hydrogen) atoms. The van der Waals surface area contributed by atoms with Gasteiger partial charge in [0.1, 0.15) is 0 Å². The number of likely N-dealkylation sites (tertiary alicyclic amines) is 1. The highest BCUT2D eigenvalue weighted by atomic mass is 16.3. The molecule has 1 heterocycles. The molecule has 2 unspecified atom stereocenters. The SMILES string of the molecule is CCN1CCCC1CN(C)CC(C)(O)C(C)C. The minimum atomic E-state index is -0.579. The van der Waals surface area contributed by atoms with Crippen molar-refractivity contribution in [3.05, 3.63) is 0 Å². The zero-order valence-corrected chi connectivity index (χ0v) is 12.2. The summed E-state index contributed by atoms with van der Waals surface area (Å²) in [5.41, 5.74) is -0.579. The summed E-state index contributed by atoms with van der Waals surface area (Å²) >= 11 is 0. The average molecular weight is 242 g/mol. The minimum absolute atomic E-state index is 0.302. The smallest absolute Gasteiger partial charge is 0.0768 e. The van der Waals surface area contributed by atoms with Gasteiger partial charge in [0.2, 0.25) is 0 Å². The molecule has 1 aliphatic rings. The zero-order chi connectivity index (χ0) is 13.1. The van der Waals surface area contributed by atoms with Crippen LogP contribution in [0, 0.1) is 5.92 Å². The summed E-state index contributed by atoms with van der Waals surface area (Å²) in [6.45, 7) is 12.6. The van der Waals surface area contributed by atoms with Crippen LogP contribution in [0.2, 0.25) is 0 Å². The van der Waals surface area contributed by atoms with E-state index in [0.29, 0.717) is 12.0 Å². The fourth-order valence-corrected chi connectivity index (χ4v) is 2.67. The number of likely N-dealkylation sites (N-methyl/N-ethyl adjacent to an activating group) is 2. The van der Waals surface area contributed by atoms with Gasteiger partial charge in [-0.05, 0) is 45.8 Å². The Hall–Kier alpha value is -0.120. The summed E-state index contributed by atoms with van der Waals surface area (Å²) < 4.78 is 0. The second kappa shape index (κ2) is 6.17. The molecule has 1 aliphatic heterocycles. The van der Waals surface area contributed by atoms with Crippen molar-refractivity contribution in [2.45, 2.75) is 52.2 Å². The first-order valence-corrected chi connectivity index (χ1v) is 7.01. The first-order valence-electron chi connectivity index (χ1n) is 7.01. The molecule has 0 saturated carbocycles. The Morgan fingerprint density at radius 3 is 2.65 bits per heavy atom. The third kappa shape index (κ3) is 4.23. The first kappa shape index (κ1) is 14.9. The van der Waals surface area contributed by atoms with Crippen LogP contribution in [0.5, 0.6) is 0 Å². The molecular formula is C14H30N2O. The van der Waals surface area contributed by atoms with E-state index < -0.39 is 5.60 Å². The van der Waals surface area contributed by atoms with Crippen molar-refractivity contribution in [3.63, 3.8) is 0 Å². The van der Waals surface area contributed by atoms with Gasteiger partial charge in [-0.1, -0.05) is 20.8 Å². The summed E-state index contributed by atoms with van der Waals surface area (Å²) in [5, 5.41) is 10.3. The lowest BCUT2D eigenvalue weighted by Gasteiger charge is -2.35. The van der Waals surface area contributed by atoms with Gasteiger partial charge in [-0.25, -0.2) is 0 Å². The van der Waals surface area contributed by atoms with Crippen LogP contribution in [0.3, 0.4) is 0 Å². The fourth-order valence-electron chi connectivity index (χ4n) is 2.67. The Labute approximate surface area is 107 Å². The Morgan fingerprint density at radius 2 is 2.12 bits per heavy atom. The first-order chi connectivity index (χ1) is 7.86. The van der Waals surface area contributed by atoms with Gasteiger partial charge in [0.15, 0.2) is 0 Å². The van der Waals surface area contributed by atoms with Crippen molar-refractivity contribution in [1.29, 1.82) is 0 Å². The van der Waals surface area contributed by atoms with Crippen LogP contribution in [-0.4, -0.2) is 59.8 Å². The van der Waals surface area contributed by atoms with Gasteiger partial charge in [0.25, 0.3) is 0 Å². The van der Waals surface area contributed by atoms with E-state index in [1.54, 1.807) is 0 Å². The van der Waals surface area contributed by atoms with Crippen LogP contribution in [0.1, 0.15) is 40.5 Å². The molecule has 0 spiro atoms. The lowest BCUT2D eigenvalue weighted by molar-refractivity contribution is -0.0167. The largest absolute Gasteiger partial charge is 0.389 e. The Balaban J connectivity index is 2.41. The number of rotatable bonds is 6. The summed E-state index contributed by atoms with van der Waals surface area (Å²) in [4.78, 5) is 4.85. The number of hydrogen-bond acceptors (Lipinski definition) is 3. The highest BCUT2D eigenvalue weighted by Gasteiger charge is 2.29. The molecule has 0 aromatic carbocycles. The van der Waals surface area contributed by atoms with E-state index in [4.69, 9.17) is 0 Å². The third-order valence-electron chi connectivity index (χ3n) is 4.26. The topological polar surface area (TPSA) is 26.7 Å². The van der Waals surface area contributed by atoms with E-state index >= 15 is 0 Å². The fraction of sp³-hybridized carbons (Fsp3) is 1.00. The van der Waals surface area contributed by atoms with Crippen molar-refractivity contribution in [2.75, 3.05) is 33.2 Å². The molecule has 3 heteroatoms. The Morgan fingerprint density at radius 1 is 1.47 bits per heavy atom. The molecule has 0 aliphatic carbocycles. The zero-order valence-electron chi connectivity index (χ0n) is 12.2. The Bertz CT molecular complexity index is 228. The molecule has 0 aromatic heterocycles. The van der Waals surface area contributed by atoms with Crippen LogP contribution < -0.4 is 0 Å². The molecule has 2 atom stereocenters. The van der Waals surface area contributed by atoms with E-state index in [1.165, 1.54) is 19.4 Å². The van der Waals surface area contributed by atoms with Crippen molar-refractivity contribution in [1.82, 2.24) is 9.80 Å². The highest BCUT2D eigenvalue weighted by Crippen LogP contribution is 2.20. The predicted octanol–water partition coefficient (Wildman–Crippen LogP) is 1.81. The van der Waals surface area contributed by atoms with E-state index in [2.05, 4.69) is 37.6 Å². The summed E-state index contributed by atoms with van der Waals surface area (Å²) in [6.07, 6.45) is 2.63. The maximum absolute atomic E-state index is 10.3. The molecule has 0 amide bonds. The van der Waals surface area contributed by atoms with Gasteiger partial charge in [-0.2, -0.15) is 0 Å². The van der Waals surface area contributed by atoms with Gasteiger partial charge >= 0.3 is 0 Å². The molecule has 1 fully saturated rings. The molecule has 1 N–H and O–H groups in total. The minimum Gasteiger partial charge on any atom is -0.389 e. The lowest BCUT2D eigenvalue weighted by Crippen LogP contribution is -2.47. The van der Waals surface area contributed by atoms with Crippen LogP contribution in [0.25, 0.3) is 0 Å². The van der Waals surface area contributed by atoms with Crippen molar-refractivity contribution < 1.29 is 5.11 Å². The van der Waals surface area contributed by atoms with Crippen molar-refractivity contribution in [2.24, 2.45) is 5.92 Å². The van der Waals surface area contributed by atoms with Crippen LogP contribution in [-0.2, 0) is 0 Å². The third-order valence-corrected chi connectivity index (χ3v) is 4.26. The van der Waals surface area contributed by atoms with Gasteiger partial charge in [0, 0.05) is 19.1 Å². The van der Waals surface area contributed by atoms with Gasteiger partial charge in [0.05, 0.1) is 5.60 Å². The normalized spacial score (nSPS) is 25.8. The van der Waals surface area contributed by atoms with Crippen molar-refractivity contribution in [3.8, 4) is 0 Å². The average Bonchev–Trinajstić information content (AvgIpc) is 2.63. The van der Waals surface area contributed by atoms with E-state index in [-0.39, 0.29) is 0 Å². The molecule has 102 valence electrons. The number of hydrogen-bond donors (Lipinski definition) is 1. The van der Waals surface area contributed by atoms with Crippen LogP contribution in [0.4, 0.5) is 0 Å². The summed E-state index contributed by atoms with van der Waals surface area (Å²) in [7, 11) is 2.13. The second-order valence-electron chi connectivity index (χ2n) is 6.13. The molecule has 0 radical (unpaired) electrons. The van der Waals surface area contributed by atoms with Gasteiger partial charge in [-0.3, -0.25) is 4.90 Å². The van der Waals surface area contributed by atoms with Gasteiger partial charge < -0.3 is 10.0 Å². The molecule has 1 rings (SSSR count). The Kier molecular flexibility index (Phi) is 5.42. The molecule has 3 nitrogen and oxygen atoms in total. The standard InChI is InChI=1S/C14H30N2O/c1-6-16-9-7-8-13(16)10-15(5)11-14(4,17)12(2)3/h12-13,17H,6-11H2,1-5H3. The summed E-state index contributed by atoms with van der Waals surface area (Å²) in [5.74, 6) is 0.302. The molecular weight excluding hydrogens is 212 g/mol. The molecule has 0 aromatic rings. The van der Waals surface area contributed by atoms with Crippen molar-refractivity contribution >= 4 is 0 Å². The van der Waals surface area contributed by atoms with E-state index in [0.717, 1.165) is 19.6 Å². The monoisotopic (exact) mass is 242 g/mol. The number of aliphatic hydroxyl groups is 1. The van der Waals surface area contributed by atoms with Gasteiger partial charge in [-0.15, -0.1) is 0 Å². The maximum Gasteiger partial charge on any atom is 0.0768 e. The van der Waals surface area contributed by atoms with Crippen LogP contribution >= 0.6 is 0 Å². The predicted molar refractivity (Wildman–Crippen MR) is 73.2 cm³/mol. The maximum atomic E-state index is 10.3. The molecule has 1 saturated heterocycles. The second-order valence-corrected chi connectivity index (χ2v) is 6.13.